The third-order valence-electron chi connectivity index (χ3n) is 3.94. The lowest BCUT2D eigenvalue weighted by Crippen LogP contribution is -2.29. The maximum Gasteiger partial charge on any atom is 0.307 e. The van der Waals surface area contributed by atoms with Crippen molar-refractivity contribution in [3.05, 3.63) is 24.0 Å². The number of aromatic amines is 1. The first-order valence-electron chi connectivity index (χ1n) is 9.62. The molecule has 0 saturated carbocycles. The minimum absolute atomic E-state index is 0.110. The molecule has 0 aliphatic carbocycles. The quantitative estimate of drug-likeness (QED) is 0.419. The van der Waals surface area contributed by atoms with E-state index in [1.54, 1.807) is 37.8 Å². The van der Waals surface area contributed by atoms with Crippen molar-refractivity contribution in [3.8, 4) is 5.75 Å². The summed E-state index contributed by atoms with van der Waals surface area (Å²) in [5.41, 5.74) is 0.853. The molecule has 1 heterocycles. The molecule has 0 amide bonds. The fourth-order valence-corrected chi connectivity index (χ4v) is 2.56. The largest absolute Gasteiger partial charge is 0.506 e. The molecular weight excluding hydrogens is 392 g/mol. The minimum Gasteiger partial charge on any atom is -0.506 e. The van der Waals surface area contributed by atoms with Crippen molar-refractivity contribution >= 4 is 29.3 Å². The summed E-state index contributed by atoms with van der Waals surface area (Å²) in [5, 5.41) is 24.6. The number of aromatic hydroxyl groups is 1. The number of nitrogens with one attached hydrogen (secondary N) is 1. The third kappa shape index (κ3) is 7.15. The highest BCUT2D eigenvalue weighted by Gasteiger charge is 2.14. The predicted octanol–water partition coefficient (Wildman–Crippen LogP) is 2.95. The summed E-state index contributed by atoms with van der Waals surface area (Å²) in [5.74, 6) is -0.0326. The lowest BCUT2D eigenvalue weighted by Gasteiger charge is -2.24. The first kappa shape index (κ1) is 22.8. The van der Waals surface area contributed by atoms with E-state index in [0.29, 0.717) is 37.8 Å². The van der Waals surface area contributed by atoms with Crippen LogP contribution in [-0.4, -0.2) is 58.5 Å². The topological polar surface area (TPSA) is 142 Å². The number of H-pyrrole nitrogens is 1. The second-order valence-electron chi connectivity index (χ2n) is 6.19. The number of hydrogen-bond acceptors (Lipinski definition) is 10. The Kier molecular flexibility index (Phi) is 8.73. The highest BCUT2D eigenvalue weighted by molar-refractivity contribution is 5.72. The number of phenolic OH excluding ortho intramolecular Hbond substituents is 1. The summed E-state index contributed by atoms with van der Waals surface area (Å²) in [6.07, 6.45) is 0.284. The van der Waals surface area contributed by atoms with E-state index in [1.807, 2.05) is 0 Å². The molecule has 2 N–H and O–H groups in total. The molecular formula is C19H26N6O5. The second kappa shape index (κ2) is 11.5. The van der Waals surface area contributed by atoms with Crippen molar-refractivity contribution in [1.29, 1.82) is 0 Å². The monoisotopic (exact) mass is 418 g/mol. The molecule has 0 unspecified atom stereocenters. The molecule has 0 atom stereocenters. The number of ether oxygens (including phenoxy) is 2. The van der Waals surface area contributed by atoms with Gasteiger partial charge in [-0.2, -0.15) is 4.98 Å². The summed E-state index contributed by atoms with van der Waals surface area (Å²) >= 11 is 0. The lowest BCUT2D eigenvalue weighted by atomic mass is 10.2. The standard InChI is InChI=1S/C19H26N6O5/c1-4-29-17(27)8-10-25(11-9-18(28)30-5-2)14-6-7-15(16(26)12-14)22-24-19-20-13(3)21-23-19/h6-7,12,26H,4-5,8-11H2,1-3H3,(H,20,21,23). The number of azo groups is 1. The first-order chi connectivity index (χ1) is 14.4. The summed E-state index contributed by atoms with van der Waals surface area (Å²) in [6, 6.07) is 4.79. The summed E-state index contributed by atoms with van der Waals surface area (Å²) < 4.78 is 9.92. The number of benzene rings is 1. The molecule has 0 aliphatic heterocycles. The maximum atomic E-state index is 11.7. The van der Waals surface area contributed by atoms with E-state index in [4.69, 9.17) is 9.47 Å². The van der Waals surface area contributed by atoms with Gasteiger partial charge in [-0.15, -0.1) is 15.3 Å². The van der Waals surface area contributed by atoms with Gasteiger partial charge >= 0.3 is 11.9 Å². The molecule has 0 saturated heterocycles. The van der Waals surface area contributed by atoms with Crippen molar-refractivity contribution in [1.82, 2.24) is 15.2 Å². The Hall–Kier alpha value is -3.50. The maximum absolute atomic E-state index is 11.7. The number of aryl methyl sites for hydroxylation is 1. The van der Waals surface area contributed by atoms with Crippen LogP contribution in [0.5, 0.6) is 5.75 Å². The molecule has 0 fully saturated rings. The van der Waals surface area contributed by atoms with E-state index in [9.17, 15) is 14.7 Å². The number of aromatic nitrogens is 3. The van der Waals surface area contributed by atoms with Crippen LogP contribution in [0, 0.1) is 6.92 Å². The number of hydrogen-bond donors (Lipinski definition) is 2. The zero-order valence-corrected chi connectivity index (χ0v) is 17.3. The van der Waals surface area contributed by atoms with Crippen LogP contribution in [0.4, 0.5) is 17.3 Å². The minimum atomic E-state index is -0.338. The van der Waals surface area contributed by atoms with Crippen LogP contribution in [0.25, 0.3) is 0 Å². The summed E-state index contributed by atoms with van der Waals surface area (Å²) in [6.45, 7) is 6.44. The normalized spacial score (nSPS) is 10.9. The number of rotatable bonds is 11. The van der Waals surface area contributed by atoms with Gasteiger partial charge in [-0.3, -0.25) is 14.7 Å². The Morgan fingerprint density at radius 2 is 1.73 bits per heavy atom. The number of phenols is 1. The van der Waals surface area contributed by atoms with Crippen molar-refractivity contribution in [2.75, 3.05) is 31.2 Å². The van der Waals surface area contributed by atoms with Gasteiger partial charge in [0.2, 0.25) is 0 Å². The summed E-state index contributed by atoms with van der Waals surface area (Å²) in [7, 11) is 0. The zero-order valence-electron chi connectivity index (χ0n) is 17.3. The van der Waals surface area contributed by atoms with Crippen molar-refractivity contribution in [2.24, 2.45) is 10.2 Å². The lowest BCUT2D eigenvalue weighted by molar-refractivity contribution is -0.143. The van der Waals surface area contributed by atoms with E-state index in [1.165, 1.54) is 6.07 Å². The van der Waals surface area contributed by atoms with E-state index >= 15 is 0 Å². The average molecular weight is 418 g/mol. The number of esters is 2. The fraction of sp³-hybridized carbons (Fsp3) is 0.474. The second-order valence-corrected chi connectivity index (χ2v) is 6.19. The molecule has 1 aromatic carbocycles. The van der Waals surface area contributed by atoms with Crippen LogP contribution in [0.15, 0.2) is 28.4 Å². The van der Waals surface area contributed by atoms with Gasteiger partial charge in [0.25, 0.3) is 5.95 Å². The van der Waals surface area contributed by atoms with Crippen molar-refractivity contribution in [3.63, 3.8) is 0 Å². The first-order valence-corrected chi connectivity index (χ1v) is 9.62. The molecule has 2 rings (SSSR count). The van der Waals surface area contributed by atoms with E-state index in [0.717, 1.165) is 0 Å². The van der Waals surface area contributed by atoms with Gasteiger partial charge in [-0.25, -0.2) is 0 Å². The third-order valence-corrected chi connectivity index (χ3v) is 3.94. The van der Waals surface area contributed by atoms with Gasteiger partial charge < -0.3 is 19.5 Å². The highest BCUT2D eigenvalue weighted by Crippen LogP contribution is 2.32. The predicted molar refractivity (Wildman–Crippen MR) is 108 cm³/mol. The van der Waals surface area contributed by atoms with Gasteiger partial charge in [-0.1, -0.05) is 0 Å². The Bertz CT molecular complexity index is 860. The van der Waals surface area contributed by atoms with Crippen LogP contribution >= 0.6 is 0 Å². The number of carbonyl (C=O) groups excluding carboxylic acids is 2. The summed E-state index contributed by atoms with van der Waals surface area (Å²) in [4.78, 5) is 29.3. The SMILES string of the molecule is CCOC(=O)CCN(CCC(=O)OCC)c1ccc(N=Nc2n[nH]c(C)n2)c(O)c1. The molecule has 2 aromatic rings. The van der Waals surface area contributed by atoms with Crippen LogP contribution in [0.2, 0.25) is 0 Å². The number of nitrogens with zero attached hydrogens (tertiary/aromatic N) is 5. The van der Waals surface area contributed by atoms with Crippen LogP contribution in [0.1, 0.15) is 32.5 Å². The van der Waals surface area contributed by atoms with Gasteiger partial charge in [0.05, 0.1) is 26.1 Å². The van der Waals surface area contributed by atoms with Crippen LogP contribution in [0.3, 0.4) is 0 Å². The van der Waals surface area contributed by atoms with E-state index in [2.05, 4.69) is 25.4 Å². The molecule has 11 heteroatoms. The van der Waals surface area contributed by atoms with Gasteiger partial charge in [0, 0.05) is 24.8 Å². The molecule has 0 aliphatic rings. The van der Waals surface area contributed by atoms with E-state index in [-0.39, 0.29) is 42.2 Å². The Balaban J connectivity index is 2.12. The Morgan fingerprint density at radius 1 is 1.10 bits per heavy atom. The van der Waals surface area contributed by atoms with Crippen molar-refractivity contribution in [2.45, 2.75) is 33.6 Å². The van der Waals surface area contributed by atoms with Crippen LogP contribution in [-0.2, 0) is 19.1 Å². The molecule has 1 aromatic heterocycles. The molecule has 0 spiro atoms. The van der Waals surface area contributed by atoms with E-state index < -0.39 is 0 Å². The van der Waals surface area contributed by atoms with Crippen molar-refractivity contribution < 1.29 is 24.2 Å². The molecule has 162 valence electrons. The molecule has 11 nitrogen and oxygen atoms in total. The smallest absolute Gasteiger partial charge is 0.307 e. The number of anilines is 1. The van der Waals surface area contributed by atoms with Gasteiger partial charge in [0.1, 0.15) is 17.3 Å². The fourth-order valence-electron chi connectivity index (χ4n) is 2.56. The average Bonchev–Trinajstić information content (AvgIpc) is 3.12. The van der Waals surface area contributed by atoms with Gasteiger partial charge in [0.15, 0.2) is 0 Å². The Morgan fingerprint density at radius 3 is 2.23 bits per heavy atom. The van der Waals surface area contributed by atoms with Gasteiger partial charge in [-0.05, 0) is 32.9 Å². The molecule has 30 heavy (non-hydrogen) atoms. The molecule has 0 radical (unpaired) electrons. The zero-order chi connectivity index (χ0) is 21.9. The molecule has 0 bridgehead atoms. The van der Waals surface area contributed by atoms with Crippen LogP contribution < -0.4 is 4.90 Å². The number of carbonyl (C=O) groups is 2. The Labute approximate surface area is 174 Å². The highest BCUT2D eigenvalue weighted by atomic mass is 16.5.